The van der Waals surface area contributed by atoms with Crippen LogP contribution in [0, 0.1) is 11.5 Å². The van der Waals surface area contributed by atoms with Gasteiger partial charge in [0.15, 0.2) is 0 Å². The Bertz CT molecular complexity index is 587. The molecule has 4 heteroatoms. The maximum atomic E-state index is 9.73. The normalized spacial score (nSPS) is 9.59. The third-order valence-corrected chi connectivity index (χ3v) is 2.33. The number of nitriles is 1. The molecule has 0 radical (unpaired) electrons. The zero-order valence-electron chi connectivity index (χ0n) is 8.79. The lowest BCUT2D eigenvalue weighted by atomic mass is 10.0. The Labute approximate surface area is 97.9 Å². The lowest BCUT2D eigenvalue weighted by Crippen LogP contribution is -1.85. The summed E-state index contributed by atoms with van der Waals surface area (Å²) in [4.78, 5) is 0. The number of phenolic OH excluding ortho intramolecular Hbond substituents is 2. The van der Waals surface area contributed by atoms with E-state index in [-0.39, 0.29) is 11.5 Å². The van der Waals surface area contributed by atoms with Crippen molar-refractivity contribution in [3.8, 4) is 34.6 Å². The third kappa shape index (κ3) is 2.13. The van der Waals surface area contributed by atoms with Gasteiger partial charge in [0.05, 0.1) is 0 Å². The highest BCUT2D eigenvalue weighted by Crippen LogP contribution is 2.37. The van der Waals surface area contributed by atoms with Crippen molar-refractivity contribution in [1.82, 2.24) is 0 Å². The summed E-state index contributed by atoms with van der Waals surface area (Å²) in [6.07, 6.45) is 1.55. The van der Waals surface area contributed by atoms with Crippen molar-refractivity contribution in [3.05, 3.63) is 42.5 Å². The van der Waals surface area contributed by atoms with E-state index in [9.17, 15) is 10.2 Å². The number of nitrogens with zero attached hydrogens (tertiary/aromatic N) is 1. The molecular formula is C13H9NO3. The van der Waals surface area contributed by atoms with E-state index < -0.39 is 0 Å². The van der Waals surface area contributed by atoms with Crippen molar-refractivity contribution in [2.45, 2.75) is 0 Å². The first kappa shape index (κ1) is 10.8. The Morgan fingerprint density at radius 1 is 0.941 bits per heavy atom. The summed E-state index contributed by atoms with van der Waals surface area (Å²) in [5, 5.41) is 27.8. The molecule has 0 saturated carbocycles. The van der Waals surface area contributed by atoms with Crippen LogP contribution < -0.4 is 4.74 Å². The van der Waals surface area contributed by atoms with E-state index in [1.165, 1.54) is 24.3 Å². The monoisotopic (exact) mass is 227 g/mol. The fourth-order valence-electron chi connectivity index (χ4n) is 1.55. The van der Waals surface area contributed by atoms with Crippen LogP contribution in [0.3, 0.4) is 0 Å². The molecule has 2 N–H and O–H groups in total. The highest BCUT2D eigenvalue weighted by molar-refractivity contribution is 5.76. The van der Waals surface area contributed by atoms with Crippen LogP contribution >= 0.6 is 0 Å². The average molecular weight is 227 g/mol. The number of hydrogen-bond donors (Lipinski definition) is 2. The van der Waals surface area contributed by atoms with Crippen LogP contribution in [0.5, 0.6) is 17.2 Å². The van der Waals surface area contributed by atoms with Crippen molar-refractivity contribution in [3.63, 3.8) is 0 Å². The van der Waals surface area contributed by atoms with Gasteiger partial charge in [-0.05, 0) is 24.3 Å². The standard InChI is InChI=1S/C13H9NO3/c14-8-17-9-5-6-13(16)11(7-9)10-3-1-2-4-12(10)15/h1-7,15-16H. The second kappa shape index (κ2) is 4.45. The Balaban J connectivity index is 2.55. The van der Waals surface area contributed by atoms with E-state index in [2.05, 4.69) is 4.74 Å². The van der Waals surface area contributed by atoms with Crippen LogP contribution in [0.1, 0.15) is 0 Å². The Morgan fingerprint density at radius 3 is 2.35 bits per heavy atom. The van der Waals surface area contributed by atoms with E-state index in [1.807, 2.05) is 0 Å². The molecule has 0 aliphatic heterocycles. The van der Waals surface area contributed by atoms with Gasteiger partial charge in [0.25, 0.3) is 6.26 Å². The number of aromatic hydroxyl groups is 2. The van der Waals surface area contributed by atoms with Crippen LogP contribution in [0.2, 0.25) is 0 Å². The van der Waals surface area contributed by atoms with Gasteiger partial charge in [-0.2, -0.15) is 0 Å². The number of benzene rings is 2. The number of ether oxygens (including phenoxy) is 1. The molecule has 0 saturated heterocycles. The first-order chi connectivity index (χ1) is 8.22. The molecular weight excluding hydrogens is 218 g/mol. The molecule has 2 aromatic rings. The SMILES string of the molecule is N#COc1ccc(O)c(-c2ccccc2O)c1. The molecule has 0 aliphatic rings. The molecule has 0 atom stereocenters. The van der Waals surface area contributed by atoms with Gasteiger partial charge in [-0.3, -0.25) is 0 Å². The predicted octanol–water partition coefficient (Wildman–Crippen LogP) is 2.62. The zero-order valence-corrected chi connectivity index (χ0v) is 8.79. The van der Waals surface area contributed by atoms with E-state index in [0.717, 1.165) is 0 Å². The molecule has 0 fully saturated rings. The number of hydrogen-bond acceptors (Lipinski definition) is 4. The average Bonchev–Trinajstić information content (AvgIpc) is 2.33. The van der Waals surface area contributed by atoms with E-state index in [0.29, 0.717) is 16.9 Å². The number of para-hydroxylation sites is 1. The lowest BCUT2D eigenvalue weighted by molar-refractivity contribution is 0.466. The maximum Gasteiger partial charge on any atom is 0.292 e. The molecule has 4 nitrogen and oxygen atoms in total. The largest absolute Gasteiger partial charge is 0.507 e. The topological polar surface area (TPSA) is 73.5 Å². The summed E-state index contributed by atoms with van der Waals surface area (Å²) < 4.78 is 4.68. The Morgan fingerprint density at radius 2 is 1.65 bits per heavy atom. The number of rotatable bonds is 2. The summed E-state index contributed by atoms with van der Waals surface area (Å²) in [6, 6.07) is 11.0. The molecule has 0 amide bonds. The van der Waals surface area contributed by atoms with E-state index in [4.69, 9.17) is 5.26 Å². The second-order valence-electron chi connectivity index (χ2n) is 3.39. The van der Waals surface area contributed by atoms with Crippen molar-refractivity contribution < 1.29 is 14.9 Å². The summed E-state index contributed by atoms with van der Waals surface area (Å²) in [7, 11) is 0. The van der Waals surface area contributed by atoms with Crippen LogP contribution in [-0.2, 0) is 0 Å². The summed E-state index contributed by atoms with van der Waals surface area (Å²) in [6.45, 7) is 0. The third-order valence-electron chi connectivity index (χ3n) is 2.33. The summed E-state index contributed by atoms with van der Waals surface area (Å²) >= 11 is 0. The van der Waals surface area contributed by atoms with Crippen molar-refractivity contribution in [2.24, 2.45) is 0 Å². The molecule has 17 heavy (non-hydrogen) atoms. The molecule has 0 unspecified atom stereocenters. The first-order valence-corrected chi connectivity index (χ1v) is 4.89. The van der Waals surface area contributed by atoms with Crippen molar-refractivity contribution in [1.29, 1.82) is 5.26 Å². The zero-order chi connectivity index (χ0) is 12.3. The van der Waals surface area contributed by atoms with Crippen LogP contribution in [0.4, 0.5) is 0 Å². The maximum absolute atomic E-state index is 9.73. The van der Waals surface area contributed by atoms with Gasteiger partial charge in [-0.1, -0.05) is 18.2 Å². The minimum absolute atomic E-state index is 0.0109. The van der Waals surface area contributed by atoms with Gasteiger partial charge in [0, 0.05) is 11.1 Å². The van der Waals surface area contributed by atoms with Gasteiger partial charge in [-0.25, -0.2) is 0 Å². The Kier molecular flexibility index (Phi) is 2.84. The smallest absolute Gasteiger partial charge is 0.292 e. The molecule has 0 heterocycles. The minimum Gasteiger partial charge on any atom is -0.507 e. The fourth-order valence-corrected chi connectivity index (χ4v) is 1.55. The highest BCUT2D eigenvalue weighted by atomic mass is 16.5. The van der Waals surface area contributed by atoms with Gasteiger partial charge in [0.1, 0.15) is 17.2 Å². The molecule has 0 bridgehead atoms. The lowest BCUT2D eigenvalue weighted by Gasteiger charge is -2.07. The molecule has 0 aromatic heterocycles. The first-order valence-electron chi connectivity index (χ1n) is 4.89. The molecule has 2 rings (SSSR count). The summed E-state index contributed by atoms with van der Waals surface area (Å²) in [5.74, 6) is 0.372. The van der Waals surface area contributed by atoms with Crippen LogP contribution in [0.15, 0.2) is 42.5 Å². The van der Waals surface area contributed by atoms with E-state index >= 15 is 0 Å². The van der Waals surface area contributed by atoms with Crippen LogP contribution in [0.25, 0.3) is 11.1 Å². The van der Waals surface area contributed by atoms with Gasteiger partial charge < -0.3 is 14.9 Å². The summed E-state index contributed by atoms with van der Waals surface area (Å²) in [5.41, 5.74) is 0.893. The minimum atomic E-state index is 0.0109. The molecule has 84 valence electrons. The fraction of sp³-hybridized carbons (Fsp3) is 0. The highest BCUT2D eigenvalue weighted by Gasteiger charge is 2.09. The second-order valence-corrected chi connectivity index (χ2v) is 3.39. The molecule has 2 aromatic carbocycles. The van der Waals surface area contributed by atoms with Gasteiger partial charge >= 0.3 is 0 Å². The number of phenols is 2. The Hall–Kier alpha value is -2.67. The quantitative estimate of drug-likeness (QED) is 0.773. The van der Waals surface area contributed by atoms with Gasteiger partial charge in [-0.15, -0.1) is 5.26 Å². The molecule has 0 aliphatic carbocycles. The van der Waals surface area contributed by atoms with Gasteiger partial charge in [0.2, 0.25) is 0 Å². The van der Waals surface area contributed by atoms with E-state index in [1.54, 1.807) is 24.5 Å². The van der Waals surface area contributed by atoms with Crippen molar-refractivity contribution in [2.75, 3.05) is 0 Å². The van der Waals surface area contributed by atoms with Crippen LogP contribution in [-0.4, -0.2) is 10.2 Å². The molecule has 0 spiro atoms. The predicted molar refractivity (Wildman–Crippen MR) is 61.4 cm³/mol. The van der Waals surface area contributed by atoms with Crippen molar-refractivity contribution >= 4 is 0 Å².